The van der Waals surface area contributed by atoms with E-state index in [0.717, 1.165) is 75.5 Å². The average Bonchev–Trinajstić information content (AvgIpc) is 3.22. The zero-order valence-corrected chi connectivity index (χ0v) is 40.5. The van der Waals surface area contributed by atoms with Crippen molar-refractivity contribution in [3.63, 3.8) is 0 Å². The highest BCUT2D eigenvalue weighted by Crippen LogP contribution is 2.18. The van der Waals surface area contributed by atoms with Crippen LogP contribution in [0.5, 0.6) is 0 Å². The van der Waals surface area contributed by atoms with Crippen LogP contribution in [-0.2, 0) is 28.6 Å². The van der Waals surface area contributed by atoms with Gasteiger partial charge in [-0.2, -0.15) is 0 Å². The second-order valence-corrected chi connectivity index (χ2v) is 19.1. The van der Waals surface area contributed by atoms with E-state index in [2.05, 4.69) is 41.5 Å². The fourth-order valence-electron chi connectivity index (χ4n) is 7.87. The lowest BCUT2D eigenvalue weighted by atomic mass is 9.99. The zero-order valence-electron chi connectivity index (χ0n) is 40.5. The molecule has 0 rings (SSSR count). The first-order chi connectivity index (χ1) is 28.7. The SMILES string of the molecule is CCC(C)CCCCCCCCCCCCC(=O)OC[C@@H](COC(=O)CCCCCCCCC(C)CC)OC(=O)CCCCCCCCCCCCCCCCC(C)C. The van der Waals surface area contributed by atoms with Crippen molar-refractivity contribution < 1.29 is 28.6 Å². The molecule has 59 heavy (non-hydrogen) atoms. The molecule has 3 atom stereocenters. The molecule has 350 valence electrons. The van der Waals surface area contributed by atoms with Crippen molar-refractivity contribution in [3.8, 4) is 0 Å². The number of unbranched alkanes of at least 4 members (excludes halogenated alkanes) is 27. The highest BCUT2D eigenvalue weighted by molar-refractivity contribution is 5.71. The first-order valence-electron chi connectivity index (χ1n) is 26.2. The van der Waals surface area contributed by atoms with Gasteiger partial charge in [0.2, 0.25) is 0 Å². The van der Waals surface area contributed by atoms with Gasteiger partial charge in [-0.1, -0.05) is 247 Å². The van der Waals surface area contributed by atoms with E-state index in [1.807, 2.05) is 0 Å². The lowest BCUT2D eigenvalue weighted by molar-refractivity contribution is -0.167. The normalized spacial score (nSPS) is 13.1. The van der Waals surface area contributed by atoms with Crippen LogP contribution in [0.3, 0.4) is 0 Å². The van der Waals surface area contributed by atoms with Crippen molar-refractivity contribution in [3.05, 3.63) is 0 Å². The van der Waals surface area contributed by atoms with Gasteiger partial charge in [-0.05, 0) is 37.0 Å². The van der Waals surface area contributed by atoms with Gasteiger partial charge in [-0.15, -0.1) is 0 Å². The molecule has 0 N–H and O–H groups in total. The second kappa shape index (κ2) is 44.5. The van der Waals surface area contributed by atoms with Crippen LogP contribution in [0.4, 0.5) is 0 Å². The predicted molar refractivity (Wildman–Crippen MR) is 252 cm³/mol. The van der Waals surface area contributed by atoms with Crippen LogP contribution < -0.4 is 0 Å². The summed E-state index contributed by atoms with van der Waals surface area (Å²) >= 11 is 0. The Morgan fingerprint density at radius 3 is 0.881 bits per heavy atom. The fraction of sp³-hybridized carbons (Fsp3) is 0.943. The molecule has 0 bridgehead atoms. The largest absolute Gasteiger partial charge is 0.462 e. The van der Waals surface area contributed by atoms with E-state index in [1.165, 1.54) is 167 Å². The highest BCUT2D eigenvalue weighted by atomic mass is 16.6. The summed E-state index contributed by atoms with van der Waals surface area (Å²) in [5.41, 5.74) is 0. The van der Waals surface area contributed by atoms with E-state index in [-0.39, 0.29) is 31.1 Å². The summed E-state index contributed by atoms with van der Waals surface area (Å²) in [5, 5.41) is 0. The van der Waals surface area contributed by atoms with Gasteiger partial charge in [0, 0.05) is 19.3 Å². The maximum absolute atomic E-state index is 12.8. The van der Waals surface area contributed by atoms with Gasteiger partial charge in [0.05, 0.1) is 0 Å². The molecule has 0 aliphatic carbocycles. The van der Waals surface area contributed by atoms with Crippen LogP contribution in [0.15, 0.2) is 0 Å². The molecular weight excluding hydrogens is 733 g/mol. The molecule has 0 aliphatic heterocycles. The number of carbonyl (C=O) groups excluding carboxylic acids is 3. The molecule has 0 aromatic rings. The van der Waals surface area contributed by atoms with Crippen LogP contribution in [-0.4, -0.2) is 37.2 Å². The summed E-state index contributed by atoms with van der Waals surface area (Å²) in [6, 6.07) is 0. The van der Waals surface area contributed by atoms with Gasteiger partial charge in [-0.3, -0.25) is 14.4 Å². The molecule has 6 heteroatoms. The summed E-state index contributed by atoms with van der Waals surface area (Å²) in [6.07, 6.45) is 43.7. The minimum absolute atomic E-state index is 0.0653. The standard InChI is InChI=1S/C53H102O6/c1-7-48(5)40-34-28-22-18-15-16-19-23-30-36-42-51(54)57-45-50(46-58-52(55)43-37-31-26-25-29-35-41-49(6)8-2)59-53(56)44-38-32-24-20-14-12-10-9-11-13-17-21-27-33-39-47(3)4/h47-50H,7-46H2,1-6H3/t48?,49?,50-/m0/s1. The summed E-state index contributed by atoms with van der Waals surface area (Å²) in [4.78, 5) is 37.9. The molecule has 0 amide bonds. The van der Waals surface area contributed by atoms with Crippen LogP contribution in [0.2, 0.25) is 0 Å². The van der Waals surface area contributed by atoms with Gasteiger partial charge < -0.3 is 14.2 Å². The molecule has 2 unspecified atom stereocenters. The van der Waals surface area contributed by atoms with Crippen molar-refractivity contribution >= 4 is 17.9 Å². The topological polar surface area (TPSA) is 78.9 Å². The lowest BCUT2D eigenvalue weighted by Crippen LogP contribution is -2.30. The summed E-state index contributed by atoms with van der Waals surface area (Å²) < 4.78 is 16.8. The van der Waals surface area contributed by atoms with Gasteiger partial charge in [0.25, 0.3) is 0 Å². The fourth-order valence-corrected chi connectivity index (χ4v) is 7.87. The second-order valence-electron chi connectivity index (χ2n) is 19.1. The van der Waals surface area contributed by atoms with Crippen molar-refractivity contribution in [1.82, 2.24) is 0 Å². The van der Waals surface area contributed by atoms with Crippen molar-refractivity contribution in [2.75, 3.05) is 13.2 Å². The number of carbonyl (C=O) groups is 3. The Labute approximate surface area is 368 Å². The van der Waals surface area contributed by atoms with E-state index in [0.29, 0.717) is 19.3 Å². The van der Waals surface area contributed by atoms with E-state index in [9.17, 15) is 14.4 Å². The Hall–Kier alpha value is -1.59. The molecule has 0 spiro atoms. The maximum atomic E-state index is 12.8. The Bertz CT molecular complexity index is 918. The molecule has 0 aliphatic rings. The number of rotatable bonds is 46. The third-order valence-electron chi connectivity index (χ3n) is 12.6. The van der Waals surface area contributed by atoms with Gasteiger partial charge >= 0.3 is 17.9 Å². The molecule has 0 radical (unpaired) electrons. The summed E-state index contributed by atoms with van der Waals surface area (Å²) in [7, 11) is 0. The highest BCUT2D eigenvalue weighted by Gasteiger charge is 2.19. The number of hydrogen-bond donors (Lipinski definition) is 0. The predicted octanol–water partition coefficient (Wildman–Crippen LogP) is 16.8. The van der Waals surface area contributed by atoms with Gasteiger partial charge in [0.1, 0.15) is 13.2 Å². The molecule has 0 aromatic carbocycles. The Kier molecular flexibility index (Phi) is 43.3. The van der Waals surface area contributed by atoms with Crippen molar-refractivity contribution in [2.24, 2.45) is 17.8 Å². The van der Waals surface area contributed by atoms with E-state index in [1.54, 1.807) is 0 Å². The Morgan fingerprint density at radius 2 is 0.593 bits per heavy atom. The first-order valence-corrected chi connectivity index (χ1v) is 26.2. The van der Waals surface area contributed by atoms with Crippen LogP contribution in [0.25, 0.3) is 0 Å². The summed E-state index contributed by atoms with van der Waals surface area (Å²) in [5.74, 6) is 1.67. The van der Waals surface area contributed by atoms with Crippen LogP contribution in [0.1, 0.15) is 286 Å². The van der Waals surface area contributed by atoms with E-state index >= 15 is 0 Å². The third kappa shape index (κ3) is 44.3. The minimum Gasteiger partial charge on any atom is -0.462 e. The number of esters is 3. The van der Waals surface area contributed by atoms with E-state index < -0.39 is 6.10 Å². The number of ether oxygens (including phenoxy) is 3. The average molecular weight is 835 g/mol. The minimum atomic E-state index is -0.763. The van der Waals surface area contributed by atoms with Crippen LogP contribution in [0, 0.1) is 17.8 Å². The molecule has 6 nitrogen and oxygen atoms in total. The Morgan fingerprint density at radius 1 is 0.339 bits per heavy atom. The van der Waals surface area contributed by atoms with Crippen LogP contribution >= 0.6 is 0 Å². The van der Waals surface area contributed by atoms with Gasteiger partial charge in [-0.25, -0.2) is 0 Å². The molecule has 0 saturated heterocycles. The lowest BCUT2D eigenvalue weighted by Gasteiger charge is -2.18. The van der Waals surface area contributed by atoms with E-state index in [4.69, 9.17) is 14.2 Å². The molecular formula is C53H102O6. The monoisotopic (exact) mass is 835 g/mol. The molecule has 0 heterocycles. The molecule has 0 aromatic heterocycles. The maximum Gasteiger partial charge on any atom is 0.306 e. The molecule has 0 saturated carbocycles. The molecule has 0 fully saturated rings. The Balaban J connectivity index is 4.31. The number of hydrogen-bond acceptors (Lipinski definition) is 6. The zero-order chi connectivity index (χ0) is 43.4. The van der Waals surface area contributed by atoms with Crippen molar-refractivity contribution in [2.45, 2.75) is 292 Å². The van der Waals surface area contributed by atoms with Gasteiger partial charge in [0.15, 0.2) is 6.10 Å². The summed E-state index contributed by atoms with van der Waals surface area (Å²) in [6.45, 7) is 13.7. The quantitative estimate of drug-likeness (QED) is 0.0345. The van der Waals surface area contributed by atoms with Crippen molar-refractivity contribution in [1.29, 1.82) is 0 Å². The first kappa shape index (κ1) is 57.4. The smallest absolute Gasteiger partial charge is 0.306 e. The third-order valence-corrected chi connectivity index (χ3v) is 12.6.